The van der Waals surface area contributed by atoms with Gasteiger partial charge in [0.25, 0.3) is 11.8 Å². The van der Waals surface area contributed by atoms with Gasteiger partial charge in [-0.3, -0.25) is 19.8 Å². The quantitative estimate of drug-likeness (QED) is 0.746. The minimum atomic E-state index is -0.671. The minimum Gasteiger partial charge on any atom is -0.345 e. The lowest BCUT2D eigenvalue weighted by atomic mass is 10.1. The van der Waals surface area contributed by atoms with Crippen molar-refractivity contribution in [2.45, 2.75) is 38.9 Å². The molecule has 8 heteroatoms. The van der Waals surface area contributed by atoms with Crippen molar-refractivity contribution in [2.24, 2.45) is 4.99 Å². The van der Waals surface area contributed by atoms with E-state index in [2.05, 4.69) is 15.7 Å². The van der Waals surface area contributed by atoms with E-state index in [-0.39, 0.29) is 17.6 Å². The predicted molar refractivity (Wildman–Crippen MR) is 117 cm³/mol. The molecule has 0 radical (unpaired) electrons. The molecule has 2 aromatic rings. The normalized spacial score (nSPS) is 18.6. The van der Waals surface area contributed by atoms with Crippen LogP contribution in [0.2, 0.25) is 0 Å². The van der Waals surface area contributed by atoms with Gasteiger partial charge in [0.1, 0.15) is 6.04 Å². The SMILES string of the molecule is C[C@H]1N=C(C(=O)NCc2ccccc2CN2CCCC2=O)NN(c2ccccc2)C1=O. The van der Waals surface area contributed by atoms with Gasteiger partial charge in [0.2, 0.25) is 11.7 Å². The Kier molecular flexibility index (Phi) is 5.97. The number of hydrogen-bond acceptors (Lipinski definition) is 5. The fourth-order valence-electron chi connectivity index (χ4n) is 3.72. The Morgan fingerprint density at radius 2 is 1.81 bits per heavy atom. The van der Waals surface area contributed by atoms with Gasteiger partial charge >= 0.3 is 0 Å². The molecule has 2 aliphatic rings. The van der Waals surface area contributed by atoms with Crippen LogP contribution in [0, 0.1) is 0 Å². The summed E-state index contributed by atoms with van der Waals surface area (Å²) < 4.78 is 0. The van der Waals surface area contributed by atoms with Gasteiger partial charge < -0.3 is 10.2 Å². The Hall–Kier alpha value is -3.68. The zero-order chi connectivity index (χ0) is 21.8. The number of nitrogens with one attached hydrogen (secondary N) is 2. The van der Waals surface area contributed by atoms with E-state index in [4.69, 9.17) is 0 Å². The van der Waals surface area contributed by atoms with E-state index < -0.39 is 11.9 Å². The van der Waals surface area contributed by atoms with Crippen LogP contribution in [0.3, 0.4) is 0 Å². The average Bonchev–Trinajstić information content (AvgIpc) is 3.19. The number of hydrazine groups is 1. The van der Waals surface area contributed by atoms with Crippen LogP contribution in [0.5, 0.6) is 0 Å². The standard InChI is InChI=1S/C23H25N5O3/c1-16-23(31)28(19-10-3-2-4-11-19)26-21(25-16)22(30)24-14-17-8-5-6-9-18(17)15-27-13-7-12-20(27)29/h2-6,8-11,16H,7,12-15H2,1H3,(H,24,30)(H,25,26)/t16-/m1/s1. The summed E-state index contributed by atoms with van der Waals surface area (Å²) in [6, 6.07) is 16.2. The molecule has 160 valence electrons. The van der Waals surface area contributed by atoms with Crippen molar-refractivity contribution in [2.75, 3.05) is 11.6 Å². The number of amidine groups is 1. The molecule has 0 aromatic heterocycles. The highest BCUT2D eigenvalue weighted by Crippen LogP contribution is 2.18. The van der Waals surface area contributed by atoms with E-state index in [1.54, 1.807) is 19.1 Å². The van der Waals surface area contributed by atoms with E-state index in [9.17, 15) is 14.4 Å². The highest BCUT2D eigenvalue weighted by Gasteiger charge is 2.30. The molecule has 0 bridgehead atoms. The van der Waals surface area contributed by atoms with E-state index in [0.717, 1.165) is 24.1 Å². The summed E-state index contributed by atoms with van der Waals surface area (Å²) in [5.74, 6) is -0.377. The maximum atomic E-state index is 12.8. The van der Waals surface area contributed by atoms with Crippen molar-refractivity contribution >= 4 is 29.2 Å². The first-order valence-corrected chi connectivity index (χ1v) is 10.4. The van der Waals surface area contributed by atoms with Crippen LogP contribution in [0.4, 0.5) is 5.69 Å². The third kappa shape index (κ3) is 4.58. The molecule has 2 heterocycles. The van der Waals surface area contributed by atoms with Gasteiger partial charge in [0.15, 0.2) is 0 Å². The van der Waals surface area contributed by atoms with Gasteiger partial charge in [-0.05, 0) is 36.6 Å². The first kappa shape index (κ1) is 20.6. The number of carbonyl (C=O) groups is 3. The lowest BCUT2D eigenvalue weighted by Gasteiger charge is -2.30. The Morgan fingerprint density at radius 3 is 2.52 bits per heavy atom. The topological polar surface area (TPSA) is 94.1 Å². The number of benzene rings is 2. The molecule has 1 atom stereocenters. The van der Waals surface area contributed by atoms with Crippen LogP contribution in [0.15, 0.2) is 59.6 Å². The molecule has 0 aliphatic carbocycles. The number of hydrogen-bond donors (Lipinski definition) is 2. The fraction of sp³-hybridized carbons (Fsp3) is 0.304. The number of amides is 3. The summed E-state index contributed by atoms with van der Waals surface area (Å²) in [5.41, 5.74) is 5.42. The molecule has 2 N–H and O–H groups in total. The molecule has 2 aliphatic heterocycles. The Labute approximate surface area is 180 Å². The van der Waals surface area contributed by atoms with Gasteiger partial charge in [-0.2, -0.15) is 0 Å². The highest BCUT2D eigenvalue weighted by atomic mass is 16.2. The summed E-state index contributed by atoms with van der Waals surface area (Å²) in [5, 5.41) is 4.23. The first-order chi connectivity index (χ1) is 15.0. The molecule has 31 heavy (non-hydrogen) atoms. The van der Waals surface area contributed by atoms with Crippen molar-refractivity contribution in [1.82, 2.24) is 15.6 Å². The van der Waals surface area contributed by atoms with Crippen LogP contribution in [0.1, 0.15) is 30.9 Å². The largest absolute Gasteiger partial charge is 0.345 e. The van der Waals surface area contributed by atoms with Gasteiger partial charge in [0.05, 0.1) is 5.69 Å². The highest BCUT2D eigenvalue weighted by molar-refractivity contribution is 6.39. The first-order valence-electron chi connectivity index (χ1n) is 10.4. The lowest BCUT2D eigenvalue weighted by Crippen LogP contribution is -2.57. The van der Waals surface area contributed by atoms with Crippen LogP contribution in [0.25, 0.3) is 0 Å². The molecule has 8 nitrogen and oxygen atoms in total. The van der Waals surface area contributed by atoms with Crippen LogP contribution in [-0.2, 0) is 27.5 Å². The third-order valence-corrected chi connectivity index (χ3v) is 5.44. The van der Waals surface area contributed by atoms with E-state index >= 15 is 0 Å². The van der Waals surface area contributed by atoms with Gasteiger partial charge in [0, 0.05) is 26.1 Å². The number of rotatable bonds is 6. The molecular weight excluding hydrogens is 394 g/mol. The number of likely N-dealkylation sites (tertiary alicyclic amines) is 1. The Bertz CT molecular complexity index is 1020. The van der Waals surface area contributed by atoms with Crippen molar-refractivity contribution < 1.29 is 14.4 Å². The van der Waals surface area contributed by atoms with Gasteiger partial charge in [-0.15, -0.1) is 0 Å². The molecule has 0 spiro atoms. The minimum absolute atomic E-state index is 0.0863. The third-order valence-electron chi connectivity index (χ3n) is 5.44. The number of carbonyl (C=O) groups excluding carboxylic acids is 3. The zero-order valence-corrected chi connectivity index (χ0v) is 17.4. The summed E-state index contributed by atoms with van der Waals surface area (Å²) in [6.45, 7) is 3.26. The molecule has 0 saturated carbocycles. The van der Waals surface area contributed by atoms with Gasteiger partial charge in [-0.1, -0.05) is 42.5 Å². The smallest absolute Gasteiger partial charge is 0.288 e. The molecule has 2 aromatic carbocycles. The second kappa shape index (κ2) is 8.99. The maximum absolute atomic E-state index is 12.8. The second-order valence-electron chi connectivity index (χ2n) is 7.64. The van der Waals surface area contributed by atoms with Crippen molar-refractivity contribution in [3.05, 3.63) is 65.7 Å². The number of nitrogens with zero attached hydrogens (tertiary/aromatic N) is 3. The predicted octanol–water partition coefficient (Wildman–Crippen LogP) is 1.76. The summed E-state index contributed by atoms with van der Waals surface area (Å²) in [4.78, 5) is 43.3. The maximum Gasteiger partial charge on any atom is 0.288 e. The average molecular weight is 419 g/mol. The molecule has 0 unspecified atom stereocenters. The van der Waals surface area contributed by atoms with Crippen molar-refractivity contribution in [3.63, 3.8) is 0 Å². The van der Waals surface area contributed by atoms with E-state index in [1.807, 2.05) is 47.4 Å². The van der Waals surface area contributed by atoms with Crippen molar-refractivity contribution in [3.8, 4) is 0 Å². The monoisotopic (exact) mass is 419 g/mol. The Balaban J connectivity index is 1.44. The second-order valence-corrected chi connectivity index (χ2v) is 7.64. The Morgan fingerprint density at radius 1 is 1.10 bits per heavy atom. The summed E-state index contributed by atoms with van der Waals surface area (Å²) in [7, 11) is 0. The molecular formula is C23H25N5O3. The van der Waals surface area contributed by atoms with E-state index in [0.29, 0.717) is 25.2 Å². The van der Waals surface area contributed by atoms with Crippen molar-refractivity contribution in [1.29, 1.82) is 0 Å². The number of anilines is 1. The number of para-hydroxylation sites is 1. The fourth-order valence-corrected chi connectivity index (χ4v) is 3.72. The zero-order valence-electron chi connectivity index (χ0n) is 17.4. The summed E-state index contributed by atoms with van der Waals surface area (Å²) >= 11 is 0. The summed E-state index contributed by atoms with van der Waals surface area (Å²) in [6.07, 6.45) is 1.48. The number of aliphatic imine (C=N–C) groups is 1. The van der Waals surface area contributed by atoms with Crippen LogP contribution >= 0.6 is 0 Å². The van der Waals surface area contributed by atoms with Crippen LogP contribution < -0.4 is 15.8 Å². The van der Waals surface area contributed by atoms with Crippen LogP contribution in [-0.4, -0.2) is 41.0 Å². The molecule has 4 rings (SSSR count). The van der Waals surface area contributed by atoms with E-state index in [1.165, 1.54) is 5.01 Å². The molecule has 1 fully saturated rings. The van der Waals surface area contributed by atoms with Gasteiger partial charge in [-0.25, -0.2) is 10.0 Å². The lowest BCUT2D eigenvalue weighted by molar-refractivity contribution is -0.128. The molecule has 3 amide bonds. The molecule has 1 saturated heterocycles.